The Kier molecular flexibility index (Phi) is 5.04. The van der Waals surface area contributed by atoms with E-state index >= 15 is 4.39 Å². The van der Waals surface area contributed by atoms with E-state index < -0.39 is 11.5 Å². The van der Waals surface area contributed by atoms with Gasteiger partial charge in [-0.25, -0.2) is 28.7 Å². The van der Waals surface area contributed by atoms with Gasteiger partial charge in [0, 0.05) is 32.3 Å². The molecule has 1 aliphatic heterocycles. The lowest BCUT2D eigenvalue weighted by atomic mass is 9.97. The van der Waals surface area contributed by atoms with Crippen molar-refractivity contribution in [1.29, 1.82) is 0 Å². The van der Waals surface area contributed by atoms with Gasteiger partial charge in [-0.3, -0.25) is 9.88 Å². The Morgan fingerprint density at radius 1 is 1.21 bits per heavy atom. The molecular formula is C23H18F2N8S. The minimum Gasteiger partial charge on any atom is -0.362 e. The van der Waals surface area contributed by atoms with Crippen molar-refractivity contribution in [2.24, 2.45) is 0 Å². The summed E-state index contributed by atoms with van der Waals surface area (Å²) in [6, 6.07) is 12.4. The second-order valence-electron chi connectivity index (χ2n) is 8.15. The highest BCUT2D eigenvalue weighted by atomic mass is 32.1. The Morgan fingerprint density at radius 2 is 2.12 bits per heavy atom. The van der Waals surface area contributed by atoms with Crippen LogP contribution in [-0.2, 0) is 18.6 Å². The second-order valence-corrected chi connectivity index (χ2v) is 9.13. The van der Waals surface area contributed by atoms with E-state index in [4.69, 9.17) is 0 Å². The average molecular weight is 477 g/mol. The molecule has 1 aliphatic rings. The topological polar surface area (TPSA) is 95.5 Å². The third-order valence-corrected chi connectivity index (χ3v) is 6.90. The summed E-state index contributed by atoms with van der Waals surface area (Å²) in [7, 11) is 0. The fourth-order valence-corrected chi connectivity index (χ4v) is 4.99. The standard InChI is InChI=1S/C23H18F2N8S/c24-14-4-3-8-26-17(14)10-27-20-19-21(29-13-28-20)34-22(32-19)23(25)11-33(12-23)9-7-18-30-15-5-1-2-6-16(15)31-18/h1,3-5,8,13H,7,9-12H2,(H,30,31)(H,27,28,29). The van der Waals surface area contributed by atoms with Crippen LogP contribution in [0.15, 0.2) is 36.8 Å². The van der Waals surface area contributed by atoms with Crippen molar-refractivity contribution in [2.75, 3.05) is 25.0 Å². The maximum Gasteiger partial charge on any atom is 0.187 e. The lowest BCUT2D eigenvalue weighted by molar-refractivity contribution is -0.0358. The first-order chi connectivity index (χ1) is 16.6. The van der Waals surface area contributed by atoms with E-state index in [9.17, 15) is 4.39 Å². The summed E-state index contributed by atoms with van der Waals surface area (Å²) in [5, 5.41) is 3.42. The zero-order valence-electron chi connectivity index (χ0n) is 17.8. The molecule has 1 saturated heterocycles. The van der Waals surface area contributed by atoms with Crippen LogP contribution in [0.2, 0.25) is 0 Å². The van der Waals surface area contributed by atoms with Crippen LogP contribution in [0.1, 0.15) is 16.5 Å². The number of halogens is 2. The van der Waals surface area contributed by atoms with E-state index in [0.29, 0.717) is 34.1 Å². The summed E-state index contributed by atoms with van der Waals surface area (Å²) in [6.45, 7) is 1.32. The van der Waals surface area contributed by atoms with Crippen LogP contribution in [0, 0.1) is 17.9 Å². The molecule has 0 amide bonds. The SMILES string of the molecule is Fc1cccnc1CNc1ncnc2sc(C3(F)CN(CCc4nc5ccc#cc5[nH]4)C3)nc12. The van der Waals surface area contributed by atoms with Gasteiger partial charge < -0.3 is 10.3 Å². The summed E-state index contributed by atoms with van der Waals surface area (Å²) in [5.41, 5.74) is 0.882. The molecule has 0 radical (unpaired) electrons. The lowest BCUT2D eigenvalue weighted by Crippen LogP contribution is -2.57. The number of aromatic nitrogens is 6. The van der Waals surface area contributed by atoms with Crippen LogP contribution in [0.3, 0.4) is 0 Å². The minimum atomic E-state index is -1.54. The number of thiazole rings is 1. The van der Waals surface area contributed by atoms with Crippen molar-refractivity contribution >= 4 is 38.5 Å². The van der Waals surface area contributed by atoms with Crippen molar-refractivity contribution < 1.29 is 8.78 Å². The number of aromatic amines is 1. The first-order valence-corrected chi connectivity index (χ1v) is 11.5. The van der Waals surface area contributed by atoms with Crippen molar-refractivity contribution in [3.63, 3.8) is 0 Å². The molecule has 11 heteroatoms. The molecule has 4 aromatic heterocycles. The summed E-state index contributed by atoms with van der Waals surface area (Å²) in [6.07, 6.45) is 3.60. The van der Waals surface area contributed by atoms with E-state index in [-0.39, 0.29) is 25.3 Å². The van der Waals surface area contributed by atoms with Crippen LogP contribution in [0.5, 0.6) is 0 Å². The molecule has 1 aromatic carbocycles. The van der Waals surface area contributed by atoms with Crippen LogP contribution >= 0.6 is 11.3 Å². The fraction of sp³-hybridized carbons (Fsp3) is 0.261. The Morgan fingerprint density at radius 3 is 2.97 bits per heavy atom. The highest BCUT2D eigenvalue weighted by Gasteiger charge is 2.47. The zero-order chi connectivity index (χ0) is 23.1. The number of alkyl halides is 1. The molecule has 34 heavy (non-hydrogen) atoms. The van der Waals surface area contributed by atoms with Crippen molar-refractivity contribution in [2.45, 2.75) is 18.6 Å². The maximum absolute atomic E-state index is 15.6. The van der Waals surface area contributed by atoms with Gasteiger partial charge >= 0.3 is 0 Å². The molecule has 0 atom stereocenters. The highest BCUT2D eigenvalue weighted by Crippen LogP contribution is 2.40. The largest absolute Gasteiger partial charge is 0.362 e. The number of anilines is 1. The Balaban J connectivity index is 1.12. The predicted molar refractivity (Wildman–Crippen MR) is 123 cm³/mol. The number of likely N-dealkylation sites (tertiary alicyclic amines) is 1. The molecule has 5 aromatic rings. The molecule has 0 spiro atoms. The Hall–Kier alpha value is -3.75. The summed E-state index contributed by atoms with van der Waals surface area (Å²) in [5.74, 6) is 0.865. The van der Waals surface area contributed by atoms with Gasteiger partial charge in [-0.2, -0.15) is 0 Å². The first-order valence-electron chi connectivity index (χ1n) is 10.7. The zero-order valence-corrected chi connectivity index (χ0v) is 18.7. The van der Waals surface area contributed by atoms with Gasteiger partial charge in [0.15, 0.2) is 11.5 Å². The quantitative estimate of drug-likeness (QED) is 0.372. The van der Waals surface area contributed by atoms with Gasteiger partial charge in [0.25, 0.3) is 0 Å². The normalized spacial score (nSPS) is 15.4. The summed E-state index contributed by atoms with van der Waals surface area (Å²) < 4.78 is 29.5. The van der Waals surface area contributed by atoms with E-state index in [0.717, 1.165) is 16.9 Å². The molecule has 8 nitrogen and oxygen atoms in total. The van der Waals surface area contributed by atoms with Crippen LogP contribution in [0.4, 0.5) is 14.6 Å². The van der Waals surface area contributed by atoms with E-state index in [1.165, 1.54) is 36.0 Å². The average Bonchev–Trinajstić information content (AvgIpc) is 3.45. The molecule has 0 unspecified atom stereocenters. The first kappa shape index (κ1) is 20.8. The lowest BCUT2D eigenvalue weighted by Gasteiger charge is -2.43. The maximum atomic E-state index is 15.6. The third kappa shape index (κ3) is 3.81. The Bertz CT molecular complexity index is 1440. The number of hydrogen-bond acceptors (Lipinski definition) is 8. The van der Waals surface area contributed by atoms with Crippen molar-refractivity contribution in [1.82, 2.24) is 34.8 Å². The fourth-order valence-electron chi connectivity index (χ4n) is 4.02. The minimum absolute atomic E-state index is 0.137. The number of imidazole rings is 1. The summed E-state index contributed by atoms with van der Waals surface area (Å²) >= 11 is 1.22. The number of pyridine rings is 1. The molecule has 1 fully saturated rings. The van der Waals surface area contributed by atoms with Crippen LogP contribution in [-0.4, -0.2) is 54.4 Å². The molecule has 0 bridgehead atoms. The molecule has 0 saturated carbocycles. The number of hydrogen-bond donors (Lipinski definition) is 2. The molecule has 5 heterocycles. The van der Waals surface area contributed by atoms with Crippen LogP contribution in [0.25, 0.3) is 21.4 Å². The third-order valence-electron chi connectivity index (χ3n) is 5.75. The van der Waals surface area contributed by atoms with Gasteiger partial charge in [0.1, 0.15) is 38.8 Å². The molecular weight excluding hydrogens is 458 g/mol. The molecule has 2 N–H and O–H groups in total. The van der Waals surface area contributed by atoms with Gasteiger partial charge in [-0.1, -0.05) is 17.4 Å². The van der Waals surface area contributed by atoms with E-state index in [2.05, 4.69) is 47.4 Å². The predicted octanol–water partition coefficient (Wildman–Crippen LogP) is 3.43. The highest BCUT2D eigenvalue weighted by molar-refractivity contribution is 7.18. The van der Waals surface area contributed by atoms with Gasteiger partial charge in [-0.05, 0) is 30.3 Å². The van der Waals surface area contributed by atoms with Crippen molar-refractivity contribution in [3.8, 4) is 0 Å². The van der Waals surface area contributed by atoms with E-state index in [1.54, 1.807) is 6.07 Å². The van der Waals surface area contributed by atoms with Gasteiger partial charge in [0.05, 0.1) is 17.8 Å². The number of rotatable bonds is 7. The number of nitrogens with zero attached hydrogens (tertiary/aromatic N) is 6. The summed E-state index contributed by atoms with van der Waals surface area (Å²) in [4.78, 5) is 27.4. The smallest absolute Gasteiger partial charge is 0.187 e. The monoisotopic (exact) mass is 476 g/mol. The number of nitrogens with one attached hydrogen (secondary N) is 2. The second kappa shape index (κ2) is 8.23. The van der Waals surface area contributed by atoms with Crippen LogP contribution < -0.4 is 5.32 Å². The van der Waals surface area contributed by atoms with Gasteiger partial charge in [-0.15, -0.1) is 0 Å². The van der Waals surface area contributed by atoms with Gasteiger partial charge in [0.2, 0.25) is 0 Å². The Labute approximate surface area is 197 Å². The van der Waals surface area contributed by atoms with Crippen molar-refractivity contribution in [3.05, 3.63) is 71.3 Å². The molecule has 0 aliphatic carbocycles. The number of H-pyrrole nitrogens is 1. The van der Waals surface area contributed by atoms with E-state index in [1.807, 2.05) is 11.0 Å². The number of fused-ring (bicyclic) bond motifs is 2. The molecule has 6 rings (SSSR count). The molecule has 170 valence electrons.